The monoisotopic (exact) mass is 362 g/mol. The van der Waals surface area contributed by atoms with Crippen LogP contribution in [0.25, 0.3) is 0 Å². The van der Waals surface area contributed by atoms with Crippen LogP contribution in [0.4, 0.5) is 5.69 Å². The molecule has 2 rings (SSSR count). The standard InChI is InChI=1S/C18H19ClN2O4/c1-24-9-8-20-17(22)12-4-3-5-13(10-12)18(23)21-15-11-14(19)6-7-16(15)25-2/h3-7,10-11H,8-9H2,1-2H3,(H,20,22)(H,21,23). The summed E-state index contributed by atoms with van der Waals surface area (Å²) >= 11 is 5.96. The maximum absolute atomic E-state index is 12.5. The van der Waals surface area contributed by atoms with Crippen LogP contribution in [0.3, 0.4) is 0 Å². The smallest absolute Gasteiger partial charge is 0.255 e. The third kappa shape index (κ3) is 5.20. The third-order valence-corrected chi connectivity index (χ3v) is 3.62. The molecule has 6 nitrogen and oxygen atoms in total. The quantitative estimate of drug-likeness (QED) is 0.742. The fourth-order valence-corrected chi connectivity index (χ4v) is 2.31. The van der Waals surface area contributed by atoms with E-state index in [1.807, 2.05) is 0 Å². The van der Waals surface area contributed by atoms with Gasteiger partial charge in [-0.3, -0.25) is 9.59 Å². The molecular weight excluding hydrogens is 344 g/mol. The molecule has 0 aliphatic heterocycles. The van der Waals surface area contributed by atoms with Gasteiger partial charge in [-0.25, -0.2) is 0 Å². The molecule has 0 saturated heterocycles. The first-order valence-corrected chi connectivity index (χ1v) is 7.95. The number of anilines is 1. The molecule has 2 aromatic rings. The second-order valence-corrected chi connectivity index (χ2v) is 5.56. The SMILES string of the molecule is COCCNC(=O)c1cccc(C(=O)Nc2cc(Cl)ccc2OC)c1. The van der Waals surface area contributed by atoms with Crippen LogP contribution in [0.5, 0.6) is 5.75 Å². The van der Waals surface area contributed by atoms with E-state index in [4.69, 9.17) is 21.1 Å². The highest BCUT2D eigenvalue weighted by Crippen LogP contribution is 2.28. The van der Waals surface area contributed by atoms with E-state index in [1.54, 1.807) is 43.5 Å². The van der Waals surface area contributed by atoms with E-state index in [0.29, 0.717) is 40.7 Å². The van der Waals surface area contributed by atoms with E-state index in [-0.39, 0.29) is 11.8 Å². The summed E-state index contributed by atoms with van der Waals surface area (Å²) in [5.41, 5.74) is 1.19. The van der Waals surface area contributed by atoms with Gasteiger partial charge in [-0.1, -0.05) is 17.7 Å². The maximum atomic E-state index is 12.5. The molecule has 0 fully saturated rings. The van der Waals surface area contributed by atoms with Crippen molar-refractivity contribution in [3.8, 4) is 5.75 Å². The largest absolute Gasteiger partial charge is 0.495 e. The first kappa shape index (κ1) is 18.8. The Morgan fingerprint density at radius 1 is 1.04 bits per heavy atom. The maximum Gasteiger partial charge on any atom is 0.255 e. The van der Waals surface area contributed by atoms with Gasteiger partial charge in [-0.05, 0) is 36.4 Å². The molecule has 25 heavy (non-hydrogen) atoms. The second-order valence-electron chi connectivity index (χ2n) is 5.13. The molecule has 0 aliphatic rings. The highest BCUT2D eigenvalue weighted by molar-refractivity contribution is 6.31. The van der Waals surface area contributed by atoms with Gasteiger partial charge >= 0.3 is 0 Å². The lowest BCUT2D eigenvalue weighted by atomic mass is 10.1. The number of ether oxygens (including phenoxy) is 2. The summed E-state index contributed by atoms with van der Waals surface area (Å²) in [5, 5.41) is 5.92. The molecule has 0 saturated carbocycles. The summed E-state index contributed by atoms with van der Waals surface area (Å²) in [6.45, 7) is 0.811. The van der Waals surface area contributed by atoms with Gasteiger partial charge in [0.25, 0.3) is 11.8 Å². The lowest BCUT2D eigenvalue weighted by molar-refractivity contribution is 0.0937. The van der Waals surface area contributed by atoms with Crippen LogP contribution in [-0.4, -0.2) is 39.2 Å². The summed E-state index contributed by atoms with van der Waals surface area (Å²) in [6.07, 6.45) is 0. The lowest BCUT2D eigenvalue weighted by Crippen LogP contribution is -2.27. The van der Waals surface area contributed by atoms with Gasteiger partial charge in [-0.2, -0.15) is 0 Å². The molecule has 0 heterocycles. The van der Waals surface area contributed by atoms with E-state index in [0.717, 1.165) is 0 Å². The van der Waals surface area contributed by atoms with Gasteiger partial charge in [-0.15, -0.1) is 0 Å². The number of halogens is 1. The van der Waals surface area contributed by atoms with E-state index in [1.165, 1.54) is 13.2 Å². The van der Waals surface area contributed by atoms with Crippen molar-refractivity contribution in [2.45, 2.75) is 0 Å². The molecule has 0 bridgehead atoms. The van der Waals surface area contributed by atoms with Crippen molar-refractivity contribution >= 4 is 29.1 Å². The van der Waals surface area contributed by atoms with Crippen LogP contribution >= 0.6 is 11.6 Å². The first-order chi connectivity index (χ1) is 12.0. The van der Waals surface area contributed by atoms with Gasteiger partial charge in [0, 0.05) is 29.8 Å². The number of hydrogen-bond acceptors (Lipinski definition) is 4. The number of hydrogen-bond donors (Lipinski definition) is 2. The number of nitrogens with one attached hydrogen (secondary N) is 2. The molecule has 132 valence electrons. The lowest BCUT2D eigenvalue weighted by Gasteiger charge is -2.11. The summed E-state index contributed by atoms with van der Waals surface area (Å²) in [5.74, 6) is -0.148. The van der Waals surface area contributed by atoms with Gasteiger partial charge in [0.2, 0.25) is 0 Å². The van der Waals surface area contributed by atoms with E-state index >= 15 is 0 Å². The third-order valence-electron chi connectivity index (χ3n) is 3.39. The average molecular weight is 363 g/mol. The van der Waals surface area contributed by atoms with Crippen molar-refractivity contribution in [3.05, 3.63) is 58.6 Å². The molecule has 0 spiro atoms. The Balaban J connectivity index is 2.13. The summed E-state index contributed by atoms with van der Waals surface area (Å²) in [7, 11) is 3.06. The van der Waals surface area contributed by atoms with Crippen LogP contribution in [0, 0.1) is 0 Å². The molecule has 2 aromatic carbocycles. The first-order valence-electron chi connectivity index (χ1n) is 7.57. The van der Waals surface area contributed by atoms with Crippen LogP contribution in [0.15, 0.2) is 42.5 Å². The Morgan fingerprint density at radius 3 is 2.44 bits per heavy atom. The van der Waals surface area contributed by atoms with Crippen molar-refractivity contribution < 1.29 is 19.1 Å². The van der Waals surface area contributed by atoms with Crippen molar-refractivity contribution in [1.82, 2.24) is 5.32 Å². The van der Waals surface area contributed by atoms with Crippen molar-refractivity contribution in [2.75, 3.05) is 32.7 Å². The van der Waals surface area contributed by atoms with Crippen molar-refractivity contribution in [1.29, 1.82) is 0 Å². The van der Waals surface area contributed by atoms with Crippen LogP contribution in [0.1, 0.15) is 20.7 Å². The Morgan fingerprint density at radius 2 is 1.76 bits per heavy atom. The summed E-state index contributed by atoms with van der Waals surface area (Å²) in [4.78, 5) is 24.5. The average Bonchev–Trinajstić information content (AvgIpc) is 2.62. The van der Waals surface area contributed by atoms with E-state index in [9.17, 15) is 9.59 Å². The molecule has 7 heteroatoms. The van der Waals surface area contributed by atoms with Crippen LogP contribution < -0.4 is 15.4 Å². The van der Waals surface area contributed by atoms with E-state index < -0.39 is 0 Å². The fourth-order valence-electron chi connectivity index (χ4n) is 2.14. The fraction of sp³-hybridized carbons (Fsp3) is 0.222. The van der Waals surface area contributed by atoms with Gasteiger partial charge in [0.15, 0.2) is 0 Å². The zero-order chi connectivity index (χ0) is 18.2. The number of benzene rings is 2. The number of methoxy groups -OCH3 is 2. The Kier molecular flexibility index (Phi) is 6.80. The molecule has 0 aromatic heterocycles. The minimum atomic E-state index is -0.368. The van der Waals surface area contributed by atoms with Crippen molar-refractivity contribution in [3.63, 3.8) is 0 Å². The van der Waals surface area contributed by atoms with E-state index in [2.05, 4.69) is 10.6 Å². The molecule has 0 unspecified atom stereocenters. The minimum Gasteiger partial charge on any atom is -0.495 e. The number of rotatable bonds is 7. The molecule has 2 N–H and O–H groups in total. The van der Waals surface area contributed by atoms with Gasteiger partial charge in [0.05, 0.1) is 19.4 Å². The highest BCUT2D eigenvalue weighted by Gasteiger charge is 2.13. The van der Waals surface area contributed by atoms with Crippen LogP contribution in [-0.2, 0) is 4.74 Å². The highest BCUT2D eigenvalue weighted by atomic mass is 35.5. The van der Waals surface area contributed by atoms with Gasteiger partial charge < -0.3 is 20.1 Å². The molecule has 0 radical (unpaired) electrons. The van der Waals surface area contributed by atoms with Crippen molar-refractivity contribution in [2.24, 2.45) is 0 Å². The normalized spacial score (nSPS) is 10.2. The van der Waals surface area contributed by atoms with Gasteiger partial charge in [0.1, 0.15) is 5.75 Å². The predicted octanol–water partition coefficient (Wildman–Crippen LogP) is 2.98. The number of carbonyl (C=O) groups excluding carboxylic acids is 2. The second kappa shape index (κ2) is 9.05. The zero-order valence-electron chi connectivity index (χ0n) is 14.0. The Labute approximate surface area is 151 Å². The molecular formula is C18H19ClN2O4. The summed E-state index contributed by atoms with van der Waals surface area (Å²) in [6, 6.07) is 11.4. The Bertz CT molecular complexity index is 764. The Hall–Kier alpha value is -2.57. The molecule has 2 amide bonds. The topological polar surface area (TPSA) is 76.7 Å². The predicted molar refractivity (Wildman–Crippen MR) is 96.6 cm³/mol. The number of amides is 2. The minimum absolute atomic E-state index is 0.271. The molecule has 0 aliphatic carbocycles. The van der Waals surface area contributed by atoms with Crippen LogP contribution in [0.2, 0.25) is 5.02 Å². The zero-order valence-corrected chi connectivity index (χ0v) is 14.7. The molecule has 0 atom stereocenters. The summed E-state index contributed by atoms with van der Waals surface area (Å²) < 4.78 is 10.1. The number of carbonyl (C=O) groups is 2.